The Morgan fingerprint density at radius 3 is 2.77 bits per heavy atom. The lowest BCUT2D eigenvalue weighted by Crippen LogP contribution is -2.60. The van der Waals surface area contributed by atoms with E-state index in [4.69, 9.17) is 0 Å². The van der Waals surface area contributed by atoms with Gasteiger partial charge in [-0.3, -0.25) is 4.79 Å². The highest BCUT2D eigenvalue weighted by Gasteiger charge is 2.43. The van der Waals surface area contributed by atoms with E-state index in [1.807, 2.05) is 17.0 Å². The molecule has 3 fully saturated rings. The monoisotopic (exact) mass is 297 g/mol. The Hall–Kier alpha value is -1.35. The molecule has 6 rings (SSSR count). The number of carbonyl (C=O) groups is 1. The third-order valence-corrected chi connectivity index (χ3v) is 6.27. The normalized spacial score (nSPS) is 40.4. The minimum absolute atomic E-state index is 0.115. The van der Waals surface area contributed by atoms with E-state index in [1.54, 1.807) is 0 Å². The number of hydrogen-bond donors (Lipinski definition) is 0. The number of fused-ring (bicyclic) bond motifs is 3. The van der Waals surface area contributed by atoms with Crippen molar-refractivity contribution in [2.45, 2.75) is 44.0 Å². The Morgan fingerprint density at radius 2 is 2.00 bits per heavy atom. The lowest BCUT2D eigenvalue weighted by Gasteiger charge is -2.51. The minimum atomic E-state index is -0.710. The zero-order valence-corrected chi connectivity index (χ0v) is 13.1. The molecule has 3 nitrogen and oxygen atoms in total. The van der Waals surface area contributed by atoms with Gasteiger partial charge in [-0.1, -0.05) is 12.1 Å². The molecule has 22 heavy (non-hydrogen) atoms. The van der Waals surface area contributed by atoms with Crippen LogP contribution in [-0.4, -0.2) is 47.9 Å². The first-order chi connectivity index (χ1) is 11.2. The number of piperidine rings is 3. The second-order valence-corrected chi connectivity index (χ2v) is 7.43. The van der Waals surface area contributed by atoms with Gasteiger partial charge in [0.15, 0.2) is 0 Å². The van der Waals surface area contributed by atoms with Gasteiger partial charge in [-0.2, -0.15) is 0 Å². The second-order valence-electron chi connectivity index (χ2n) is 7.43. The van der Waals surface area contributed by atoms with Crippen molar-refractivity contribution in [3.05, 3.63) is 34.9 Å². The second kappa shape index (κ2) is 4.82. The van der Waals surface area contributed by atoms with Gasteiger partial charge in [0.1, 0.15) is 0 Å². The van der Waals surface area contributed by atoms with Crippen LogP contribution in [0, 0.1) is 5.92 Å². The topological polar surface area (TPSA) is 23.6 Å². The summed E-state index contributed by atoms with van der Waals surface area (Å²) >= 11 is 0. The van der Waals surface area contributed by atoms with Crippen LogP contribution in [0.5, 0.6) is 0 Å². The van der Waals surface area contributed by atoms with Gasteiger partial charge in [0.05, 0.1) is 1.37 Å². The van der Waals surface area contributed by atoms with E-state index in [1.165, 1.54) is 17.5 Å². The summed E-state index contributed by atoms with van der Waals surface area (Å²) in [5.41, 5.74) is 3.58. The standard InChI is InChI=1S/C19H24N2O/c22-19-16-6-2-4-14-3-1-5-15(18(14)16)11-21(19)17-12-20-9-7-13(17)8-10-20/h2,4,6,13,15,17H,1,3,5,7-12H2/t15-,17-/m1/s1/i17D. The Balaban J connectivity index is 1.57. The van der Waals surface area contributed by atoms with Crippen LogP contribution in [0.3, 0.4) is 0 Å². The van der Waals surface area contributed by atoms with Crippen LogP contribution in [0.2, 0.25) is 0 Å². The molecule has 1 aromatic rings. The highest BCUT2D eigenvalue weighted by atomic mass is 16.2. The molecule has 5 aliphatic rings. The SMILES string of the molecule is [2H][C@@]1(N2C[C@H]3CCCc4cccc(c43)C2=O)CN2CCC1CC2. The van der Waals surface area contributed by atoms with E-state index in [2.05, 4.69) is 11.0 Å². The molecule has 116 valence electrons. The Labute approximate surface area is 133 Å². The summed E-state index contributed by atoms with van der Waals surface area (Å²) in [6.45, 7) is 3.72. The van der Waals surface area contributed by atoms with Crippen molar-refractivity contribution in [1.29, 1.82) is 0 Å². The summed E-state index contributed by atoms with van der Waals surface area (Å²) in [7, 11) is 0. The summed E-state index contributed by atoms with van der Waals surface area (Å²) in [5.74, 6) is 0.916. The largest absolute Gasteiger partial charge is 0.333 e. The fourth-order valence-corrected chi connectivity index (χ4v) is 5.15. The van der Waals surface area contributed by atoms with Crippen LogP contribution < -0.4 is 0 Å². The summed E-state index contributed by atoms with van der Waals surface area (Å²) in [5, 5.41) is 0. The van der Waals surface area contributed by atoms with Crippen LogP contribution in [0.15, 0.2) is 18.2 Å². The highest BCUT2D eigenvalue weighted by molar-refractivity contribution is 5.97. The number of benzene rings is 1. The van der Waals surface area contributed by atoms with E-state index < -0.39 is 6.02 Å². The molecule has 1 amide bonds. The highest BCUT2D eigenvalue weighted by Crippen LogP contribution is 2.41. The average molecular weight is 297 g/mol. The fourth-order valence-electron chi connectivity index (χ4n) is 5.15. The van der Waals surface area contributed by atoms with Crippen LogP contribution in [0.1, 0.15) is 54.5 Å². The van der Waals surface area contributed by atoms with Crippen LogP contribution in [-0.2, 0) is 6.42 Å². The van der Waals surface area contributed by atoms with E-state index in [0.29, 0.717) is 11.8 Å². The predicted octanol–water partition coefficient (Wildman–Crippen LogP) is 2.66. The maximum absolute atomic E-state index is 13.2. The molecule has 1 aliphatic carbocycles. The summed E-state index contributed by atoms with van der Waals surface area (Å²) < 4.78 is 9.17. The van der Waals surface area contributed by atoms with E-state index >= 15 is 0 Å². The summed E-state index contributed by atoms with van der Waals surface area (Å²) in [6, 6.07) is 5.51. The summed E-state index contributed by atoms with van der Waals surface area (Å²) in [6.07, 6.45) is 5.63. The van der Waals surface area contributed by atoms with Gasteiger partial charge < -0.3 is 9.80 Å². The Bertz CT molecular complexity index is 667. The van der Waals surface area contributed by atoms with Crippen molar-refractivity contribution in [1.82, 2.24) is 9.80 Å². The molecular formula is C19H24N2O. The Morgan fingerprint density at radius 1 is 1.14 bits per heavy atom. The van der Waals surface area contributed by atoms with Gasteiger partial charge in [0.25, 0.3) is 5.91 Å². The first-order valence-corrected chi connectivity index (χ1v) is 8.83. The lowest BCUT2D eigenvalue weighted by molar-refractivity contribution is 0.00258. The van der Waals surface area contributed by atoms with E-state index in [-0.39, 0.29) is 5.91 Å². The molecule has 3 heteroatoms. The molecule has 4 heterocycles. The predicted molar refractivity (Wildman–Crippen MR) is 86.1 cm³/mol. The van der Waals surface area contributed by atoms with Crippen LogP contribution >= 0.6 is 0 Å². The molecule has 0 aromatic heterocycles. The van der Waals surface area contributed by atoms with E-state index in [0.717, 1.165) is 57.4 Å². The Kier molecular flexibility index (Phi) is 2.66. The van der Waals surface area contributed by atoms with Crippen molar-refractivity contribution in [2.24, 2.45) is 5.92 Å². The fraction of sp³-hybridized carbons (Fsp3) is 0.632. The molecule has 2 atom stereocenters. The molecule has 2 bridgehead atoms. The molecule has 3 saturated heterocycles. The number of rotatable bonds is 1. The molecule has 0 spiro atoms. The zero-order valence-electron chi connectivity index (χ0n) is 14.1. The maximum Gasteiger partial charge on any atom is 0.254 e. The molecule has 0 unspecified atom stereocenters. The molecule has 1 aromatic carbocycles. The number of carbonyl (C=O) groups excluding carboxylic acids is 1. The first-order valence-electron chi connectivity index (χ1n) is 9.33. The molecular weight excluding hydrogens is 272 g/mol. The van der Waals surface area contributed by atoms with Crippen LogP contribution in [0.4, 0.5) is 0 Å². The van der Waals surface area contributed by atoms with Crippen molar-refractivity contribution in [3.63, 3.8) is 0 Å². The van der Waals surface area contributed by atoms with Crippen molar-refractivity contribution in [2.75, 3.05) is 26.2 Å². The van der Waals surface area contributed by atoms with Crippen molar-refractivity contribution < 1.29 is 6.17 Å². The molecule has 0 radical (unpaired) electrons. The first kappa shape index (κ1) is 12.1. The van der Waals surface area contributed by atoms with Gasteiger partial charge in [-0.25, -0.2) is 0 Å². The van der Waals surface area contributed by atoms with Crippen molar-refractivity contribution >= 4 is 5.91 Å². The maximum atomic E-state index is 13.2. The van der Waals surface area contributed by atoms with Gasteiger partial charge in [0.2, 0.25) is 0 Å². The zero-order chi connectivity index (χ0) is 15.6. The van der Waals surface area contributed by atoms with Gasteiger partial charge >= 0.3 is 0 Å². The molecule has 0 N–H and O–H groups in total. The smallest absolute Gasteiger partial charge is 0.254 e. The molecule has 4 aliphatic heterocycles. The summed E-state index contributed by atoms with van der Waals surface area (Å²) in [4.78, 5) is 17.6. The lowest BCUT2D eigenvalue weighted by atomic mass is 9.75. The number of hydrogen-bond acceptors (Lipinski definition) is 2. The average Bonchev–Trinajstić information content (AvgIpc) is 2.59. The van der Waals surface area contributed by atoms with Gasteiger partial charge in [0, 0.05) is 30.6 Å². The van der Waals surface area contributed by atoms with Crippen molar-refractivity contribution in [3.8, 4) is 0 Å². The van der Waals surface area contributed by atoms with Crippen LogP contribution in [0.25, 0.3) is 0 Å². The number of amides is 1. The third kappa shape index (κ3) is 1.81. The van der Waals surface area contributed by atoms with E-state index in [9.17, 15) is 6.17 Å². The minimum Gasteiger partial charge on any atom is -0.333 e. The number of nitrogens with zero attached hydrogens (tertiary/aromatic N) is 2. The number of aryl methyl sites for hydroxylation is 1. The quantitative estimate of drug-likeness (QED) is 0.795. The third-order valence-electron chi connectivity index (χ3n) is 6.27. The molecule has 0 saturated carbocycles. The van der Waals surface area contributed by atoms with Gasteiger partial charge in [-0.05, 0) is 68.3 Å². The van der Waals surface area contributed by atoms with Gasteiger partial charge in [-0.15, -0.1) is 0 Å².